The number of nitriles is 1. The van der Waals surface area contributed by atoms with Gasteiger partial charge in [0.1, 0.15) is 12.4 Å². The molecule has 0 aliphatic carbocycles. The Morgan fingerprint density at radius 3 is 2.65 bits per heavy atom. The quantitative estimate of drug-likeness (QED) is 0.524. The Labute approximate surface area is 117 Å². The highest BCUT2D eigenvalue weighted by atomic mass is 16.5. The van der Waals surface area contributed by atoms with E-state index in [4.69, 9.17) is 15.2 Å². The van der Waals surface area contributed by atoms with Crippen LogP contribution in [0.5, 0.6) is 5.75 Å². The first-order chi connectivity index (χ1) is 9.72. The molecule has 0 radical (unpaired) electrons. The first kappa shape index (κ1) is 13.6. The number of benzene rings is 2. The van der Waals surface area contributed by atoms with Crippen molar-refractivity contribution in [3.05, 3.63) is 65.2 Å². The summed E-state index contributed by atoms with van der Waals surface area (Å²) >= 11 is 0. The highest BCUT2D eigenvalue weighted by Gasteiger charge is 2.01. The van der Waals surface area contributed by atoms with Crippen molar-refractivity contribution in [2.45, 2.75) is 13.5 Å². The summed E-state index contributed by atoms with van der Waals surface area (Å²) in [7, 11) is 0. The van der Waals surface area contributed by atoms with Gasteiger partial charge in [0, 0.05) is 5.56 Å². The zero-order valence-electron chi connectivity index (χ0n) is 11.1. The summed E-state index contributed by atoms with van der Waals surface area (Å²) in [5.74, 6) is 0.704. The number of rotatable bonds is 4. The van der Waals surface area contributed by atoms with Crippen LogP contribution in [0.3, 0.4) is 0 Å². The van der Waals surface area contributed by atoms with Crippen LogP contribution in [-0.2, 0) is 6.61 Å². The molecule has 2 aromatic rings. The molecule has 0 unspecified atom stereocenters. The molecule has 0 aromatic heterocycles. The molecule has 0 fully saturated rings. The standard InChI is InChI=1S/C16H14N2O2/c1-12(18-19)15-3-2-4-16(9-15)20-11-14-7-5-13(10-17)6-8-14/h2-9,19H,11H2,1H3/b18-12+. The van der Waals surface area contributed by atoms with Gasteiger partial charge < -0.3 is 9.94 Å². The fourth-order valence-corrected chi connectivity index (χ4v) is 1.71. The maximum atomic E-state index is 8.76. The van der Waals surface area contributed by atoms with Crippen LogP contribution in [0.25, 0.3) is 0 Å². The van der Waals surface area contributed by atoms with Gasteiger partial charge in [-0.3, -0.25) is 0 Å². The minimum absolute atomic E-state index is 0.421. The molecule has 0 saturated carbocycles. The number of ether oxygens (including phenoxy) is 1. The minimum Gasteiger partial charge on any atom is -0.489 e. The van der Waals surface area contributed by atoms with Crippen molar-refractivity contribution in [2.24, 2.45) is 5.16 Å². The molecule has 2 rings (SSSR count). The summed E-state index contributed by atoms with van der Waals surface area (Å²) in [5.41, 5.74) is 2.96. The predicted octanol–water partition coefficient (Wildman–Crippen LogP) is 3.34. The van der Waals surface area contributed by atoms with Crippen LogP contribution < -0.4 is 4.74 Å². The van der Waals surface area contributed by atoms with Gasteiger partial charge in [-0.05, 0) is 36.8 Å². The molecule has 0 amide bonds. The van der Waals surface area contributed by atoms with Gasteiger partial charge in [-0.1, -0.05) is 29.4 Å². The normalized spacial score (nSPS) is 10.9. The molecule has 0 heterocycles. The van der Waals surface area contributed by atoms with Gasteiger partial charge in [-0.2, -0.15) is 5.26 Å². The number of oxime groups is 1. The predicted molar refractivity (Wildman–Crippen MR) is 75.9 cm³/mol. The summed E-state index contributed by atoms with van der Waals surface area (Å²) in [4.78, 5) is 0. The van der Waals surface area contributed by atoms with Gasteiger partial charge >= 0.3 is 0 Å². The van der Waals surface area contributed by atoms with E-state index in [1.165, 1.54) is 0 Å². The van der Waals surface area contributed by atoms with E-state index in [0.717, 1.165) is 11.1 Å². The van der Waals surface area contributed by atoms with Crippen molar-refractivity contribution < 1.29 is 9.94 Å². The molecule has 100 valence electrons. The van der Waals surface area contributed by atoms with E-state index in [1.807, 2.05) is 36.4 Å². The summed E-state index contributed by atoms with van der Waals surface area (Å²) in [6.07, 6.45) is 0. The van der Waals surface area contributed by atoms with E-state index in [2.05, 4.69) is 11.2 Å². The zero-order chi connectivity index (χ0) is 14.4. The van der Waals surface area contributed by atoms with Gasteiger partial charge in [0.15, 0.2) is 0 Å². The highest BCUT2D eigenvalue weighted by molar-refractivity contribution is 5.98. The van der Waals surface area contributed by atoms with E-state index < -0.39 is 0 Å². The van der Waals surface area contributed by atoms with Gasteiger partial charge in [0.25, 0.3) is 0 Å². The topological polar surface area (TPSA) is 65.6 Å². The molecular formula is C16H14N2O2. The number of hydrogen-bond donors (Lipinski definition) is 1. The second kappa shape index (κ2) is 6.39. The maximum Gasteiger partial charge on any atom is 0.120 e. The Kier molecular flexibility index (Phi) is 4.35. The lowest BCUT2D eigenvalue weighted by Crippen LogP contribution is -1.98. The first-order valence-corrected chi connectivity index (χ1v) is 6.14. The lowest BCUT2D eigenvalue weighted by molar-refractivity contribution is 0.306. The second-order valence-corrected chi connectivity index (χ2v) is 4.31. The number of nitrogens with zero attached hydrogens (tertiary/aromatic N) is 2. The van der Waals surface area contributed by atoms with Crippen molar-refractivity contribution in [2.75, 3.05) is 0 Å². The average Bonchev–Trinajstić information content (AvgIpc) is 2.53. The molecule has 20 heavy (non-hydrogen) atoms. The molecule has 4 heteroatoms. The SMILES string of the molecule is C/C(=N\O)c1cccc(OCc2ccc(C#N)cc2)c1. The molecule has 0 saturated heterocycles. The molecule has 0 atom stereocenters. The van der Waals surface area contributed by atoms with E-state index in [-0.39, 0.29) is 0 Å². The lowest BCUT2D eigenvalue weighted by Gasteiger charge is -2.08. The van der Waals surface area contributed by atoms with E-state index in [1.54, 1.807) is 19.1 Å². The fourth-order valence-electron chi connectivity index (χ4n) is 1.71. The smallest absolute Gasteiger partial charge is 0.120 e. The summed E-state index contributed by atoms with van der Waals surface area (Å²) in [6, 6.07) is 16.7. The Morgan fingerprint density at radius 1 is 1.25 bits per heavy atom. The van der Waals surface area contributed by atoms with E-state index in [9.17, 15) is 0 Å². The fraction of sp³-hybridized carbons (Fsp3) is 0.125. The monoisotopic (exact) mass is 266 g/mol. The minimum atomic E-state index is 0.421. The van der Waals surface area contributed by atoms with Gasteiger partial charge in [-0.25, -0.2) is 0 Å². The molecule has 4 nitrogen and oxygen atoms in total. The number of hydrogen-bond acceptors (Lipinski definition) is 4. The average molecular weight is 266 g/mol. The molecule has 0 aliphatic heterocycles. The van der Waals surface area contributed by atoms with E-state index >= 15 is 0 Å². The summed E-state index contributed by atoms with van der Waals surface area (Å²) < 4.78 is 5.68. The van der Waals surface area contributed by atoms with Crippen molar-refractivity contribution in [3.8, 4) is 11.8 Å². The van der Waals surface area contributed by atoms with Crippen LogP contribution >= 0.6 is 0 Å². The lowest BCUT2D eigenvalue weighted by atomic mass is 10.1. The van der Waals surface area contributed by atoms with Crippen LogP contribution in [0.2, 0.25) is 0 Å². The van der Waals surface area contributed by atoms with Gasteiger partial charge in [-0.15, -0.1) is 0 Å². The molecular weight excluding hydrogens is 252 g/mol. The molecule has 2 aromatic carbocycles. The Hall–Kier alpha value is -2.80. The van der Waals surface area contributed by atoms with Crippen LogP contribution in [-0.4, -0.2) is 10.9 Å². The molecule has 1 N–H and O–H groups in total. The van der Waals surface area contributed by atoms with Crippen LogP contribution in [0.1, 0.15) is 23.6 Å². The third kappa shape index (κ3) is 3.36. The Morgan fingerprint density at radius 2 is 2.00 bits per heavy atom. The van der Waals surface area contributed by atoms with E-state index in [0.29, 0.717) is 23.6 Å². The Bertz CT molecular complexity index is 655. The largest absolute Gasteiger partial charge is 0.489 e. The van der Waals surface area contributed by atoms with Gasteiger partial charge in [0.2, 0.25) is 0 Å². The van der Waals surface area contributed by atoms with Crippen molar-refractivity contribution in [3.63, 3.8) is 0 Å². The highest BCUT2D eigenvalue weighted by Crippen LogP contribution is 2.16. The molecule has 0 aliphatic rings. The molecule has 0 bridgehead atoms. The van der Waals surface area contributed by atoms with Crippen molar-refractivity contribution >= 4 is 5.71 Å². The van der Waals surface area contributed by atoms with Crippen LogP contribution in [0.4, 0.5) is 0 Å². The van der Waals surface area contributed by atoms with Crippen molar-refractivity contribution in [1.82, 2.24) is 0 Å². The van der Waals surface area contributed by atoms with Gasteiger partial charge in [0.05, 0.1) is 17.3 Å². The van der Waals surface area contributed by atoms with Crippen molar-refractivity contribution in [1.29, 1.82) is 5.26 Å². The van der Waals surface area contributed by atoms with Crippen LogP contribution in [0, 0.1) is 11.3 Å². The third-order valence-electron chi connectivity index (χ3n) is 2.89. The third-order valence-corrected chi connectivity index (χ3v) is 2.89. The summed E-state index contributed by atoms with van der Waals surface area (Å²) in [5, 5.41) is 20.7. The summed E-state index contributed by atoms with van der Waals surface area (Å²) in [6.45, 7) is 2.14. The molecule has 0 spiro atoms. The maximum absolute atomic E-state index is 8.76. The van der Waals surface area contributed by atoms with Crippen LogP contribution in [0.15, 0.2) is 53.7 Å². The zero-order valence-corrected chi connectivity index (χ0v) is 11.1. The first-order valence-electron chi connectivity index (χ1n) is 6.14. The Balaban J connectivity index is 2.05. The second-order valence-electron chi connectivity index (χ2n) is 4.31.